The molecular formula is C21H21N3O2. The standard InChI is InChI=1S/C21H21N3O2/c1-16-7-9-18(10-8-16)20(25)21(26)23-12-11-19-22-13-14-24(19)15-17-5-3-2-4-6-17/h2-10,13-14H,11-12,15H2,1H3,(H,23,26). The molecule has 0 radical (unpaired) electrons. The Hall–Kier alpha value is -3.21. The molecule has 1 N–H and O–H groups in total. The Morgan fingerprint density at radius 3 is 2.50 bits per heavy atom. The smallest absolute Gasteiger partial charge is 0.292 e. The predicted molar refractivity (Wildman–Crippen MR) is 100.0 cm³/mol. The summed E-state index contributed by atoms with van der Waals surface area (Å²) in [5.41, 5.74) is 2.64. The highest BCUT2D eigenvalue weighted by atomic mass is 16.2. The van der Waals surface area contributed by atoms with Crippen molar-refractivity contribution in [3.05, 3.63) is 89.5 Å². The van der Waals surface area contributed by atoms with Gasteiger partial charge in [-0.25, -0.2) is 4.98 Å². The highest BCUT2D eigenvalue weighted by molar-refractivity contribution is 6.42. The Morgan fingerprint density at radius 1 is 1.04 bits per heavy atom. The van der Waals surface area contributed by atoms with Gasteiger partial charge in [-0.3, -0.25) is 9.59 Å². The van der Waals surface area contributed by atoms with Crippen molar-refractivity contribution in [2.24, 2.45) is 0 Å². The topological polar surface area (TPSA) is 64.0 Å². The maximum atomic E-state index is 12.1. The number of hydrogen-bond acceptors (Lipinski definition) is 3. The van der Waals surface area contributed by atoms with Crippen molar-refractivity contribution in [2.45, 2.75) is 19.9 Å². The number of hydrogen-bond donors (Lipinski definition) is 1. The largest absolute Gasteiger partial charge is 0.349 e. The second-order valence-electron chi connectivity index (χ2n) is 6.16. The first-order valence-electron chi connectivity index (χ1n) is 8.56. The summed E-state index contributed by atoms with van der Waals surface area (Å²) in [5, 5.41) is 2.68. The van der Waals surface area contributed by atoms with E-state index in [1.165, 1.54) is 5.56 Å². The van der Waals surface area contributed by atoms with Gasteiger partial charge in [-0.2, -0.15) is 0 Å². The van der Waals surface area contributed by atoms with Gasteiger partial charge in [-0.15, -0.1) is 0 Å². The lowest BCUT2D eigenvalue weighted by Crippen LogP contribution is -2.33. The fraction of sp³-hybridized carbons (Fsp3) is 0.190. The number of aromatic nitrogens is 2. The van der Waals surface area contributed by atoms with Crippen LogP contribution in [0, 0.1) is 6.92 Å². The zero-order valence-corrected chi connectivity index (χ0v) is 14.7. The van der Waals surface area contributed by atoms with Gasteiger partial charge in [0.25, 0.3) is 5.91 Å². The second-order valence-corrected chi connectivity index (χ2v) is 6.16. The highest BCUT2D eigenvalue weighted by Gasteiger charge is 2.15. The number of rotatable bonds is 7. The van der Waals surface area contributed by atoms with Crippen LogP contribution in [-0.4, -0.2) is 27.8 Å². The molecule has 0 unspecified atom stereocenters. The number of carbonyl (C=O) groups is 2. The molecule has 0 fully saturated rings. The molecule has 1 heterocycles. The minimum Gasteiger partial charge on any atom is -0.349 e. The third-order valence-corrected chi connectivity index (χ3v) is 4.15. The lowest BCUT2D eigenvalue weighted by atomic mass is 10.1. The minimum absolute atomic E-state index is 0.363. The van der Waals surface area contributed by atoms with Crippen LogP contribution in [0.5, 0.6) is 0 Å². The van der Waals surface area contributed by atoms with Crippen LogP contribution in [0.15, 0.2) is 67.0 Å². The van der Waals surface area contributed by atoms with Crippen LogP contribution in [0.1, 0.15) is 27.3 Å². The number of nitrogens with zero attached hydrogens (tertiary/aromatic N) is 2. The Bertz CT molecular complexity index is 883. The zero-order valence-electron chi connectivity index (χ0n) is 14.7. The average Bonchev–Trinajstić information content (AvgIpc) is 3.09. The first-order valence-corrected chi connectivity index (χ1v) is 8.56. The third-order valence-electron chi connectivity index (χ3n) is 4.15. The van der Waals surface area contributed by atoms with E-state index >= 15 is 0 Å². The number of nitrogens with one attached hydrogen (secondary N) is 1. The number of aryl methyl sites for hydroxylation is 1. The van der Waals surface area contributed by atoms with Gasteiger partial charge < -0.3 is 9.88 Å². The fourth-order valence-corrected chi connectivity index (χ4v) is 2.70. The predicted octanol–water partition coefficient (Wildman–Crippen LogP) is 2.78. The van der Waals surface area contributed by atoms with E-state index in [1.54, 1.807) is 18.3 Å². The Morgan fingerprint density at radius 2 is 1.77 bits per heavy atom. The van der Waals surface area contributed by atoms with Crippen molar-refractivity contribution < 1.29 is 9.59 Å². The SMILES string of the molecule is Cc1ccc(C(=O)C(=O)NCCc2nccn2Cc2ccccc2)cc1. The van der Waals surface area contributed by atoms with Crippen molar-refractivity contribution >= 4 is 11.7 Å². The third kappa shape index (κ3) is 4.45. The molecule has 0 saturated heterocycles. The van der Waals surface area contributed by atoms with E-state index in [2.05, 4.69) is 22.4 Å². The number of imidazole rings is 1. The van der Waals surface area contributed by atoms with E-state index in [1.807, 2.05) is 48.0 Å². The molecular weight excluding hydrogens is 326 g/mol. The van der Waals surface area contributed by atoms with Crippen LogP contribution < -0.4 is 5.32 Å². The van der Waals surface area contributed by atoms with E-state index in [9.17, 15) is 9.59 Å². The van der Waals surface area contributed by atoms with Crippen LogP contribution >= 0.6 is 0 Å². The van der Waals surface area contributed by atoms with Crippen LogP contribution in [-0.2, 0) is 17.8 Å². The van der Waals surface area contributed by atoms with Crippen molar-refractivity contribution in [1.29, 1.82) is 0 Å². The molecule has 0 atom stereocenters. The molecule has 1 aromatic heterocycles. The van der Waals surface area contributed by atoms with E-state index < -0.39 is 11.7 Å². The molecule has 0 saturated carbocycles. The lowest BCUT2D eigenvalue weighted by molar-refractivity contribution is -0.116. The molecule has 1 amide bonds. The normalized spacial score (nSPS) is 10.5. The Kier molecular flexibility index (Phi) is 5.59. The summed E-state index contributed by atoms with van der Waals surface area (Å²) >= 11 is 0. The molecule has 3 rings (SSSR count). The number of benzene rings is 2. The van der Waals surface area contributed by atoms with Crippen LogP contribution in [0.3, 0.4) is 0 Å². The van der Waals surface area contributed by atoms with Crippen LogP contribution in [0.25, 0.3) is 0 Å². The van der Waals surface area contributed by atoms with Crippen molar-refractivity contribution in [2.75, 3.05) is 6.54 Å². The quantitative estimate of drug-likeness (QED) is 0.528. The highest BCUT2D eigenvalue weighted by Crippen LogP contribution is 2.06. The van der Waals surface area contributed by atoms with Gasteiger partial charge in [0.1, 0.15) is 5.82 Å². The van der Waals surface area contributed by atoms with E-state index in [-0.39, 0.29) is 0 Å². The van der Waals surface area contributed by atoms with Crippen LogP contribution in [0.4, 0.5) is 0 Å². The van der Waals surface area contributed by atoms with Crippen LogP contribution in [0.2, 0.25) is 0 Å². The summed E-state index contributed by atoms with van der Waals surface area (Å²) in [7, 11) is 0. The second kappa shape index (κ2) is 8.25. The molecule has 0 aliphatic carbocycles. The average molecular weight is 347 g/mol. The van der Waals surface area contributed by atoms with E-state index in [0.29, 0.717) is 18.5 Å². The first kappa shape index (κ1) is 17.6. The Labute approximate surface area is 152 Å². The number of amides is 1. The summed E-state index contributed by atoms with van der Waals surface area (Å²) in [6.07, 6.45) is 4.23. The summed E-state index contributed by atoms with van der Waals surface area (Å²) in [6.45, 7) is 3.03. The summed E-state index contributed by atoms with van der Waals surface area (Å²) in [6, 6.07) is 17.1. The molecule has 3 aromatic rings. The summed E-state index contributed by atoms with van der Waals surface area (Å²) in [5.74, 6) is -0.232. The molecule has 132 valence electrons. The summed E-state index contributed by atoms with van der Waals surface area (Å²) < 4.78 is 2.04. The van der Waals surface area contributed by atoms with Gasteiger partial charge in [0, 0.05) is 37.5 Å². The van der Waals surface area contributed by atoms with Gasteiger partial charge in [0.15, 0.2) is 0 Å². The van der Waals surface area contributed by atoms with Gasteiger partial charge in [0.2, 0.25) is 5.78 Å². The van der Waals surface area contributed by atoms with E-state index in [0.717, 1.165) is 17.9 Å². The fourth-order valence-electron chi connectivity index (χ4n) is 2.70. The van der Waals surface area contributed by atoms with Crippen molar-refractivity contribution in [1.82, 2.24) is 14.9 Å². The number of carbonyl (C=O) groups excluding carboxylic acids is 2. The molecule has 0 aliphatic rings. The molecule has 26 heavy (non-hydrogen) atoms. The van der Waals surface area contributed by atoms with Gasteiger partial charge >= 0.3 is 0 Å². The Balaban J connectivity index is 1.53. The first-order chi connectivity index (χ1) is 12.6. The van der Waals surface area contributed by atoms with Gasteiger partial charge in [0.05, 0.1) is 0 Å². The monoisotopic (exact) mass is 347 g/mol. The van der Waals surface area contributed by atoms with Gasteiger partial charge in [-0.1, -0.05) is 60.2 Å². The maximum absolute atomic E-state index is 12.1. The maximum Gasteiger partial charge on any atom is 0.292 e. The molecule has 5 heteroatoms. The zero-order chi connectivity index (χ0) is 18.4. The van der Waals surface area contributed by atoms with Crippen molar-refractivity contribution in [3.8, 4) is 0 Å². The van der Waals surface area contributed by atoms with Crippen molar-refractivity contribution in [3.63, 3.8) is 0 Å². The molecule has 5 nitrogen and oxygen atoms in total. The number of ketones is 1. The summed E-state index contributed by atoms with van der Waals surface area (Å²) in [4.78, 5) is 28.5. The molecule has 0 bridgehead atoms. The van der Waals surface area contributed by atoms with E-state index in [4.69, 9.17) is 0 Å². The molecule has 0 aliphatic heterocycles. The number of Topliss-reactive ketones (excluding diaryl/α,β-unsaturated/α-hetero) is 1. The lowest BCUT2D eigenvalue weighted by Gasteiger charge is -2.09. The minimum atomic E-state index is -0.588. The molecule has 2 aromatic carbocycles. The van der Waals surface area contributed by atoms with Gasteiger partial charge in [-0.05, 0) is 12.5 Å². The molecule has 0 spiro atoms.